The number of thioether (sulfide) groups is 1. The molecule has 0 saturated carbocycles. The van der Waals surface area contributed by atoms with Crippen LogP contribution in [0.25, 0.3) is 0 Å². The highest BCUT2D eigenvalue weighted by Crippen LogP contribution is 2.17. The van der Waals surface area contributed by atoms with Crippen molar-refractivity contribution in [1.82, 2.24) is 5.32 Å². The van der Waals surface area contributed by atoms with Gasteiger partial charge in [-0.3, -0.25) is 4.79 Å². The average Bonchev–Trinajstić information content (AvgIpc) is 2.38. The molecule has 0 aromatic heterocycles. The zero-order valence-corrected chi connectivity index (χ0v) is 13.1. The average molecular weight is 273 g/mol. The second-order valence-electron chi connectivity index (χ2n) is 4.91. The van der Waals surface area contributed by atoms with Gasteiger partial charge in [0.2, 0.25) is 6.41 Å². The summed E-state index contributed by atoms with van der Waals surface area (Å²) in [5.41, 5.74) is 0. The molecule has 1 atom stereocenters. The summed E-state index contributed by atoms with van der Waals surface area (Å²) in [7, 11) is 0. The molecule has 1 amide bonds. The second-order valence-corrected chi connectivity index (χ2v) is 6.22. The molecule has 0 aromatic carbocycles. The molecule has 2 nitrogen and oxygen atoms in total. The van der Waals surface area contributed by atoms with Crippen molar-refractivity contribution in [1.29, 1.82) is 0 Å². The van der Waals surface area contributed by atoms with Gasteiger partial charge in [-0.2, -0.15) is 0 Å². The maximum atomic E-state index is 10.5. The van der Waals surface area contributed by atoms with Crippen LogP contribution in [0.15, 0.2) is 0 Å². The molecule has 0 spiro atoms. The van der Waals surface area contributed by atoms with E-state index in [0.717, 1.165) is 12.8 Å². The first-order valence-electron chi connectivity index (χ1n) is 7.66. The molecule has 0 aliphatic rings. The maximum absolute atomic E-state index is 10.5. The van der Waals surface area contributed by atoms with Crippen LogP contribution in [0.2, 0.25) is 0 Å². The lowest BCUT2D eigenvalue weighted by molar-refractivity contribution is -0.109. The Morgan fingerprint density at radius 3 is 2.22 bits per heavy atom. The molecule has 1 N–H and O–H groups in total. The molecule has 0 radical (unpaired) electrons. The van der Waals surface area contributed by atoms with Crippen molar-refractivity contribution >= 4 is 18.2 Å². The quantitative estimate of drug-likeness (QED) is 0.281. The van der Waals surface area contributed by atoms with Crippen LogP contribution in [0, 0.1) is 0 Å². The van der Waals surface area contributed by atoms with E-state index in [-0.39, 0.29) is 0 Å². The summed E-state index contributed by atoms with van der Waals surface area (Å²) in [6.45, 7) is 4.47. The number of carbonyl (C=O) groups excluding carboxylic acids is 1. The third-order valence-electron chi connectivity index (χ3n) is 3.14. The zero-order valence-electron chi connectivity index (χ0n) is 12.2. The smallest absolute Gasteiger partial charge is 0.207 e. The van der Waals surface area contributed by atoms with Gasteiger partial charge in [-0.15, -0.1) is 11.8 Å². The van der Waals surface area contributed by atoms with Crippen molar-refractivity contribution < 1.29 is 4.79 Å². The minimum Gasteiger partial charge on any atom is -0.347 e. The summed E-state index contributed by atoms with van der Waals surface area (Å²) in [4.78, 5) is 10.5. The van der Waals surface area contributed by atoms with Crippen molar-refractivity contribution in [2.24, 2.45) is 0 Å². The fourth-order valence-electron chi connectivity index (χ4n) is 1.98. The number of carbonyl (C=O) groups is 1. The van der Waals surface area contributed by atoms with Gasteiger partial charge in [0.15, 0.2) is 0 Å². The maximum Gasteiger partial charge on any atom is 0.207 e. The van der Waals surface area contributed by atoms with Gasteiger partial charge < -0.3 is 5.32 Å². The van der Waals surface area contributed by atoms with E-state index in [2.05, 4.69) is 19.2 Å². The molecule has 3 heteroatoms. The van der Waals surface area contributed by atoms with Crippen LogP contribution in [0.5, 0.6) is 0 Å². The zero-order chi connectivity index (χ0) is 13.5. The van der Waals surface area contributed by atoms with E-state index in [9.17, 15) is 4.79 Å². The molecule has 0 rings (SSSR count). The highest BCUT2D eigenvalue weighted by atomic mass is 32.2. The number of unbranched alkanes of at least 4 members (excludes halogenated alkanes) is 7. The molecule has 0 aliphatic carbocycles. The van der Waals surface area contributed by atoms with Crippen molar-refractivity contribution in [2.45, 2.75) is 83.4 Å². The van der Waals surface area contributed by atoms with E-state index in [1.54, 1.807) is 0 Å². The Labute approximate surface area is 118 Å². The van der Waals surface area contributed by atoms with Gasteiger partial charge in [0.25, 0.3) is 0 Å². The van der Waals surface area contributed by atoms with Gasteiger partial charge in [-0.05, 0) is 18.6 Å². The molecule has 0 bridgehead atoms. The Hall–Kier alpha value is -0.180. The number of nitrogens with one attached hydrogen (secondary N) is 1. The fraction of sp³-hybridized carbons (Fsp3) is 0.933. The molecular weight excluding hydrogens is 242 g/mol. The number of rotatable bonds is 14. The Bertz CT molecular complexity index is 176. The molecule has 0 saturated heterocycles. The first-order chi connectivity index (χ1) is 8.85. The highest BCUT2D eigenvalue weighted by Gasteiger charge is 2.06. The topological polar surface area (TPSA) is 29.1 Å². The summed E-state index contributed by atoms with van der Waals surface area (Å²) < 4.78 is 0. The Morgan fingerprint density at radius 2 is 1.56 bits per heavy atom. The van der Waals surface area contributed by atoms with E-state index < -0.39 is 0 Å². The lowest BCUT2D eigenvalue weighted by atomic mass is 10.1. The summed E-state index contributed by atoms with van der Waals surface area (Å²) in [6, 6.07) is 0. The van der Waals surface area contributed by atoms with Gasteiger partial charge in [0.05, 0.1) is 5.37 Å². The first-order valence-corrected chi connectivity index (χ1v) is 8.71. The van der Waals surface area contributed by atoms with Crippen molar-refractivity contribution in [2.75, 3.05) is 5.75 Å². The van der Waals surface area contributed by atoms with Gasteiger partial charge >= 0.3 is 0 Å². The number of hydrogen-bond donors (Lipinski definition) is 1. The van der Waals surface area contributed by atoms with Gasteiger partial charge in [0, 0.05) is 0 Å². The Morgan fingerprint density at radius 1 is 0.944 bits per heavy atom. The van der Waals surface area contributed by atoms with Crippen LogP contribution in [0.1, 0.15) is 78.1 Å². The van der Waals surface area contributed by atoms with E-state index in [1.807, 2.05) is 11.8 Å². The molecular formula is C15H31NOS. The predicted octanol–water partition coefficient (Wildman–Crippen LogP) is 4.73. The summed E-state index contributed by atoms with van der Waals surface area (Å²) in [5, 5.41) is 3.27. The monoisotopic (exact) mass is 273 g/mol. The van der Waals surface area contributed by atoms with Crippen LogP contribution in [-0.4, -0.2) is 17.5 Å². The third kappa shape index (κ3) is 12.3. The molecule has 0 heterocycles. The standard InChI is InChI=1S/C15H31NOS/c1-3-5-7-8-9-11-13-18-15(16-14-17)12-10-6-4-2/h14-15H,3-13H2,1-2H3,(H,16,17). The van der Waals surface area contributed by atoms with Crippen molar-refractivity contribution in [3.8, 4) is 0 Å². The molecule has 0 aliphatic heterocycles. The SMILES string of the molecule is CCCCCCCCSC(CCCCC)NC=O. The lowest BCUT2D eigenvalue weighted by Gasteiger charge is -2.15. The molecule has 0 fully saturated rings. The largest absolute Gasteiger partial charge is 0.347 e. The molecule has 18 heavy (non-hydrogen) atoms. The second kappa shape index (κ2) is 14.9. The highest BCUT2D eigenvalue weighted by molar-refractivity contribution is 7.99. The number of hydrogen-bond acceptors (Lipinski definition) is 2. The first kappa shape index (κ1) is 17.8. The van der Waals surface area contributed by atoms with Crippen molar-refractivity contribution in [3.63, 3.8) is 0 Å². The van der Waals surface area contributed by atoms with Crippen molar-refractivity contribution in [3.05, 3.63) is 0 Å². The molecule has 108 valence electrons. The predicted molar refractivity (Wildman–Crippen MR) is 83.0 cm³/mol. The fourth-order valence-corrected chi connectivity index (χ4v) is 3.12. The van der Waals surface area contributed by atoms with Gasteiger partial charge in [0.1, 0.15) is 0 Å². The van der Waals surface area contributed by atoms with E-state index in [1.165, 1.54) is 63.5 Å². The normalized spacial score (nSPS) is 12.3. The number of amides is 1. The summed E-state index contributed by atoms with van der Waals surface area (Å²) in [6.07, 6.45) is 13.8. The summed E-state index contributed by atoms with van der Waals surface area (Å²) >= 11 is 1.92. The molecule has 0 aromatic rings. The minimum absolute atomic E-state index is 0.338. The van der Waals surface area contributed by atoms with Crippen LogP contribution < -0.4 is 5.32 Å². The third-order valence-corrected chi connectivity index (χ3v) is 4.44. The van der Waals surface area contributed by atoms with Crippen LogP contribution in [0.4, 0.5) is 0 Å². The van der Waals surface area contributed by atoms with Crippen LogP contribution >= 0.6 is 11.8 Å². The lowest BCUT2D eigenvalue weighted by Crippen LogP contribution is -2.24. The van der Waals surface area contributed by atoms with Crippen LogP contribution in [-0.2, 0) is 4.79 Å². The van der Waals surface area contributed by atoms with Gasteiger partial charge in [-0.1, -0.05) is 65.2 Å². The Kier molecular flexibility index (Phi) is 14.7. The summed E-state index contributed by atoms with van der Waals surface area (Å²) in [5.74, 6) is 1.18. The minimum atomic E-state index is 0.338. The van der Waals surface area contributed by atoms with Crippen LogP contribution in [0.3, 0.4) is 0 Å². The Balaban J connectivity index is 3.42. The van der Waals surface area contributed by atoms with E-state index >= 15 is 0 Å². The van der Waals surface area contributed by atoms with E-state index in [0.29, 0.717) is 5.37 Å². The van der Waals surface area contributed by atoms with Gasteiger partial charge in [-0.25, -0.2) is 0 Å². The van der Waals surface area contributed by atoms with E-state index in [4.69, 9.17) is 0 Å². The molecule has 1 unspecified atom stereocenters.